The van der Waals surface area contributed by atoms with Crippen molar-refractivity contribution in [3.63, 3.8) is 0 Å². The molecule has 5 fully saturated rings. The van der Waals surface area contributed by atoms with Gasteiger partial charge in [-0.3, -0.25) is 43.5 Å². The number of methoxy groups -OCH3 is 3. The zero-order valence-corrected chi connectivity index (χ0v) is 66.8. The average molecular weight is 1600 g/mol. The Balaban J connectivity index is 0.000000179. The number of benzene rings is 6. The van der Waals surface area contributed by atoms with Crippen molar-refractivity contribution < 1.29 is 106 Å². The first kappa shape index (κ1) is 84.8. The van der Waals surface area contributed by atoms with E-state index in [-0.39, 0.29) is 111 Å². The quantitative estimate of drug-likeness (QED) is 0.0362. The van der Waals surface area contributed by atoms with Crippen LogP contribution in [-0.2, 0) is 67.9 Å². The van der Waals surface area contributed by atoms with E-state index in [2.05, 4.69) is 19.9 Å². The number of morpholine rings is 2. The Kier molecular flexibility index (Phi) is 31.4. The number of ether oxygens (including phenoxy) is 6. The third kappa shape index (κ3) is 22.0. The van der Waals surface area contributed by atoms with Crippen LogP contribution in [0.25, 0.3) is 5.69 Å². The minimum absolute atomic E-state index is 0. The molecule has 0 unspecified atom stereocenters. The number of halogens is 6. The van der Waals surface area contributed by atoms with Gasteiger partial charge in [-0.25, -0.2) is 32.1 Å². The van der Waals surface area contributed by atoms with Gasteiger partial charge in [0.25, 0.3) is 0 Å². The predicted molar refractivity (Wildman–Crippen MR) is 409 cm³/mol. The number of carbonyl (C=O) groups is 5. The van der Waals surface area contributed by atoms with Gasteiger partial charge >= 0.3 is 55.1 Å². The summed E-state index contributed by atoms with van der Waals surface area (Å²) in [7, 11) is 0.272. The SMILES string of the molecule is C1CCOC1.COC(=O)CC[C@@H]1N=C(c2ccccc2F)c2cc(Cl)ccc2-n2c(C3CC3)nnc21.COC(=O)CC[C@@H]1N=C(c2ccccc2F)c2cc(Cl)ccc2CC1=O.COC(=O)CC[C@@H]1N=C(c2ccccc2F)c2cc(Cl)ccc2N=C1OP(=O)(N1CCOCC1)N1CCOCC1.NCC(=O)C1CC1.[H-].[Na+]. The molecule has 3 atom stereocenters. The number of carbonyl (C=O) groups excluding carboxylic acids is 5. The Morgan fingerprint density at radius 1 is 0.545 bits per heavy atom. The fourth-order valence-corrected chi connectivity index (χ4v) is 15.7. The summed E-state index contributed by atoms with van der Waals surface area (Å²) in [4.78, 5) is 77.7. The maximum atomic E-state index is 15.1. The number of ketones is 2. The number of Topliss-reactive ketones (excluding diaryl/α,β-unsaturated/α-hetero) is 2. The topological polar surface area (TPSA) is 280 Å². The summed E-state index contributed by atoms with van der Waals surface area (Å²) < 4.78 is 102. The van der Waals surface area contributed by atoms with Gasteiger partial charge in [-0.1, -0.05) is 77.3 Å². The molecule has 8 aliphatic rings. The van der Waals surface area contributed by atoms with Crippen LogP contribution in [0.15, 0.2) is 147 Å². The molecular formula is C79H86Cl3F3N10NaO13P. The number of esters is 3. The normalized spacial score (nSPS) is 18.6. The predicted octanol–water partition coefficient (Wildman–Crippen LogP) is 10.9. The van der Waals surface area contributed by atoms with E-state index < -0.39 is 49.4 Å². The maximum Gasteiger partial charge on any atom is 1.00 e. The number of nitrogens with zero attached hydrogens (tertiary/aromatic N) is 9. The van der Waals surface area contributed by atoms with Gasteiger partial charge in [0.15, 0.2) is 11.6 Å². The van der Waals surface area contributed by atoms with E-state index in [1.54, 1.807) is 112 Å². The Morgan fingerprint density at radius 3 is 1.46 bits per heavy atom. The number of hydrogen-bond donors (Lipinski definition) is 1. The first-order valence-corrected chi connectivity index (χ1v) is 38.9. The molecule has 0 bridgehead atoms. The number of aliphatic imine (C=N–C) groups is 4. The minimum atomic E-state index is -3.68. The Morgan fingerprint density at radius 2 is 0.982 bits per heavy atom. The molecule has 2 N–H and O–H groups in total. The number of aromatic nitrogens is 3. The van der Waals surface area contributed by atoms with Gasteiger partial charge in [-0.05, 0) is 148 Å². The van der Waals surface area contributed by atoms with E-state index in [4.69, 9.17) is 83.7 Å². The van der Waals surface area contributed by atoms with E-state index in [0.29, 0.717) is 142 Å². The van der Waals surface area contributed by atoms with Crippen LogP contribution in [0.2, 0.25) is 15.1 Å². The van der Waals surface area contributed by atoms with Gasteiger partial charge in [0.05, 0.1) is 82.8 Å². The molecule has 2 aliphatic carbocycles. The molecule has 0 spiro atoms. The molecule has 578 valence electrons. The summed E-state index contributed by atoms with van der Waals surface area (Å²) in [6, 6.07) is 32.6. The first-order chi connectivity index (χ1) is 52.8. The molecule has 0 amide bonds. The Hall–Kier alpha value is -7.66. The van der Waals surface area contributed by atoms with E-state index in [0.717, 1.165) is 56.0 Å². The maximum absolute atomic E-state index is 15.1. The van der Waals surface area contributed by atoms with Crippen LogP contribution in [0, 0.1) is 23.4 Å². The van der Waals surface area contributed by atoms with Crippen molar-refractivity contribution in [3.8, 4) is 5.69 Å². The molecular weight excluding hydrogens is 1510 g/mol. The third-order valence-electron chi connectivity index (χ3n) is 19.0. The van der Waals surface area contributed by atoms with Crippen molar-refractivity contribution in [1.29, 1.82) is 0 Å². The van der Waals surface area contributed by atoms with Crippen molar-refractivity contribution in [2.75, 3.05) is 93.7 Å². The van der Waals surface area contributed by atoms with Crippen molar-refractivity contribution >= 4 is 101 Å². The van der Waals surface area contributed by atoms with Gasteiger partial charge < -0.3 is 40.1 Å². The molecule has 110 heavy (non-hydrogen) atoms. The van der Waals surface area contributed by atoms with Gasteiger partial charge in [0.2, 0.25) is 5.90 Å². The van der Waals surface area contributed by atoms with Crippen molar-refractivity contribution in [2.24, 2.45) is 31.6 Å². The zero-order chi connectivity index (χ0) is 77.1. The van der Waals surface area contributed by atoms with E-state index >= 15 is 4.39 Å². The number of hydrogen-bond acceptors (Lipinski definition) is 20. The summed E-state index contributed by atoms with van der Waals surface area (Å²) in [5.41, 5.74) is 11.0. The van der Waals surface area contributed by atoms with E-state index in [9.17, 15) is 37.3 Å². The van der Waals surface area contributed by atoms with Crippen molar-refractivity contribution in [1.82, 2.24) is 24.1 Å². The van der Waals surface area contributed by atoms with Crippen LogP contribution in [0.3, 0.4) is 0 Å². The number of rotatable bonds is 18. The molecule has 23 nitrogen and oxygen atoms in total. The van der Waals surface area contributed by atoms with Crippen LogP contribution < -0.4 is 35.3 Å². The minimum Gasteiger partial charge on any atom is -1.00 e. The van der Waals surface area contributed by atoms with Crippen LogP contribution in [0.4, 0.5) is 18.9 Å². The van der Waals surface area contributed by atoms with Crippen LogP contribution in [0.5, 0.6) is 0 Å². The van der Waals surface area contributed by atoms with Crippen molar-refractivity contribution in [2.45, 2.75) is 108 Å². The largest absolute Gasteiger partial charge is 1.00 e. The fourth-order valence-electron chi connectivity index (χ4n) is 12.8. The second-order valence-corrected chi connectivity index (χ2v) is 30.1. The molecule has 6 aliphatic heterocycles. The third-order valence-corrected chi connectivity index (χ3v) is 22.3. The van der Waals surface area contributed by atoms with Crippen molar-refractivity contribution in [3.05, 3.63) is 211 Å². The van der Waals surface area contributed by atoms with Crippen LogP contribution in [-0.4, -0.2) is 182 Å². The smallest absolute Gasteiger partial charge is 1.00 e. The molecule has 1 aromatic heterocycles. The monoisotopic (exact) mass is 1600 g/mol. The second kappa shape index (κ2) is 40.7. The van der Waals surface area contributed by atoms with Gasteiger partial charge in [-0.2, -0.15) is 0 Å². The van der Waals surface area contributed by atoms with Gasteiger partial charge in [-0.15, -0.1) is 10.2 Å². The Labute approximate surface area is 674 Å². The molecule has 3 saturated heterocycles. The summed E-state index contributed by atoms with van der Waals surface area (Å²) in [5.74, 6) is -0.0994. The summed E-state index contributed by atoms with van der Waals surface area (Å²) >= 11 is 18.8. The summed E-state index contributed by atoms with van der Waals surface area (Å²) in [6.45, 7) is 5.51. The van der Waals surface area contributed by atoms with E-state index in [1.807, 2.05) is 10.6 Å². The van der Waals surface area contributed by atoms with Crippen LogP contribution in [0.1, 0.15) is 141 Å². The summed E-state index contributed by atoms with van der Waals surface area (Å²) in [6.07, 6.45) is 7.91. The summed E-state index contributed by atoms with van der Waals surface area (Å²) in [5, 5.41) is 10.3. The first-order valence-electron chi connectivity index (χ1n) is 36.2. The van der Waals surface area contributed by atoms with Gasteiger partial charge in [0.1, 0.15) is 47.2 Å². The molecule has 15 rings (SSSR count). The zero-order valence-electron chi connectivity index (χ0n) is 62.6. The average Bonchev–Trinajstić information content (AvgIpc) is 1.61. The van der Waals surface area contributed by atoms with E-state index in [1.165, 1.54) is 52.4 Å². The standard InChI is InChI=1S/C27H31ClFN4O6P.C23H20ClFN4O2.C20H17ClFNO3.C5H9NO.C4H8O.Na.H/c1-36-25(34)9-8-24-27(39-40(35,32-10-14-37-15-11-32)33-12-16-38-17-13-33)31-23-7-6-19(28)18-21(23)26(30-24)20-4-2-3-5-22(20)29;1-31-20(30)11-9-18-23-28-27-22(13-6-7-13)29(23)19-10-8-14(24)12-16(19)21(26-18)15-4-2-3-5-17(15)25;1-26-19(25)9-8-17-18(24)10-12-6-7-13(21)11-15(12)20(23-17)14-4-2-3-5-16(14)22;6-3-5(7)4-1-2-4;1-2-4-5-3-1;;/h2-7,18,24H,8-17H2,1H3;2-5,8,10,12-13,18H,6-7,9,11H2,1H3;2-7,11,17H,8-10H2,1H3;4H,1-3,6H2;1-4H2;;/q;;;;;+1;-1/t24-;18-;17-;;;;/m000..../s1. The fraction of sp³-hybridized carbons (Fsp3) is 0.405. The number of nitrogens with two attached hydrogens (primary N) is 1. The molecule has 7 heterocycles. The Bertz CT molecular complexity index is 4600. The van der Waals surface area contributed by atoms with Crippen LogP contribution >= 0.6 is 42.5 Å². The molecule has 7 aromatic rings. The molecule has 2 saturated carbocycles. The second-order valence-electron chi connectivity index (χ2n) is 26.5. The molecule has 0 radical (unpaired) electrons. The molecule has 31 heteroatoms. The number of fused-ring (bicyclic) bond motifs is 5. The van der Waals surface area contributed by atoms with Gasteiger partial charge in [0, 0.05) is 125 Å². The molecule has 6 aromatic carbocycles.